The number of fused-ring (bicyclic) bond motifs is 1. The number of hydrogen-bond acceptors (Lipinski definition) is 3. The molecular formula is C25H21ClN6O. The Hall–Kier alpha value is -4.10. The van der Waals surface area contributed by atoms with E-state index in [1.54, 1.807) is 30.5 Å². The lowest BCUT2D eigenvalue weighted by atomic mass is 10.00. The molecule has 2 amide bonds. The molecule has 33 heavy (non-hydrogen) atoms. The molecule has 3 aromatic heterocycles. The fraction of sp³-hybridized carbons (Fsp3) is 0.0800. The molecule has 0 saturated heterocycles. The second kappa shape index (κ2) is 8.44. The molecule has 0 aliphatic rings. The van der Waals surface area contributed by atoms with Gasteiger partial charge in [0.15, 0.2) is 0 Å². The minimum absolute atomic E-state index is 0.520. The maximum Gasteiger partial charge on any atom is 0.323 e. The van der Waals surface area contributed by atoms with Crippen LogP contribution in [0.3, 0.4) is 0 Å². The van der Waals surface area contributed by atoms with Crippen LogP contribution in [0.4, 0.5) is 16.2 Å². The summed E-state index contributed by atoms with van der Waals surface area (Å²) in [7, 11) is 0. The average Bonchev–Trinajstić information content (AvgIpc) is 3.46. The number of benzene rings is 2. The number of aryl methyl sites for hydroxylation is 1. The number of urea groups is 1. The first-order valence-electron chi connectivity index (χ1n) is 10.5. The number of anilines is 2. The van der Waals surface area contributed by atoms with E-state index < -0.39 is 6.03 Å². The number of nitrogens with one attached hydrogen (secondary N) is 1. The number of halogens is 1. The second-order valence-electron chi connectivity index (χ2n) is 7.55. The summed E-state index contributed by atoms with van der Waals surface area (Å²) in [6.45, 7) is 2.77. The third-order valence-corrected chi connectivity index (χ3v) is 5.74. The zero-order valence-electron chi connectivity index (χ0n) is 17.9. The van der Waals surface area contributed by atoms with Crippen LogP contribution >= 0.6 is 11.6 Å². The largest absolute Gasteiger partial charge is 0.351 e. The van der Waals surface area contributed by atoms with Crippen LogP contribution in [-0.2, 0) is 6.54 Å². The summed E-state index contributed by atoms with van der Waals surface area (Å²) in [5, 5.41) is 6.37. The van der Waals surface area contributed by atoms with Crippen molar-refractivity contribution in [3.63, 3.8) is 0 Å². The van der Waals surface area contributed by atoms with Gasteiger partial charge in [-0.25, -0.2) is 9.78 Å². The molecule has 7 nitrogen and oxygen atoms in total. The highest BCUT2D eigenvalue weighted by molar-refractivity contribution is 6.31. The molecule has 0 fully saturated rings. The van der Waals surface area contributed by atoms with Crippen molar-refractivity contribution in [2.45, 2.75) is 13.5 Å². The third kappa shape index (κ3) is 3.83. The molecule has 2 aromatic carbocycles. The minimum atomic E-state index is -0.600. The summed E-state index contributed by atoms with van der Waals surface area (Å²) >= 11 is 6.15. The number of aromatic nitrogens is 4. The van der Waals surface area contributed by atoms with Crippen molar-refractivity contribution in [1.82, 2.24) is 19.7 Å². The summed E-state index contributed by atoms with van der Waals surface area (Å²) in [6, 6.07) is 18.0. The molecule has 0 atom stereocenters. The first-order valence-corrected chi connectivity index (χ1v) is 10.9. The highest BCUT2D eigenvalue weighted by atomic mass is 35.5. The van der Waals surface area contributed by atoms with Crippen LogP contribution in [0.5, 0.6) is 0 Å². The number of pyridine rings is 1. The quantitative estimate of drug-likeness (QED) is 0.340. The summed E-state index contributed by atoms with van der Waals surface area (Å²) in [5.41, 5.74) is 11.5. The lowest BCUT2D eigenvalue weighted by Crippen LogP contribution is -2.31. The molecule has 8 heteroatoms. The fourth-order valence-electron chi connectivity index (χ4n) is 4.00. The summed E-state index contributed by atoms with van der Waals surface area (Å²) < 4.78 is 1.90. The molecule has 5 rings (SSSR count). The molecule has 0 radical (unpaired) electrons. The monoisotopic (exact) mass is 456 g/mol. The van der Waals surface area contributed by atoms with Gasteiger partial charge in [-0.15, -0.1) is 0 Å². The van der Waals surface area contributed by atoms with E-state index in [2.05, 4.69) is 9.97 Å². The summed E-state index contributed by atoms with van der Waals surface area (Å²) in [5.74, 6) is 0. The topological polar surface area (TPSA) is 92.8 Å². The standard InChI is InChI=1S/C25H21ClN6O/c1-2-31-15-22(20-9-11-28-24-21(20)10-12-29-24)23(30-31)16-5-3-7-18(13-16)32(25(27)33)19-8-4-6-17(26)14-19/h3-15H,2H2,1H3,(H2,27,33)(H,28,29). The Morgan fingerprint density at radius 3 is 2.64 bits per heavy atom. The second-order valence-corrected chi connectivity index (χ2v) is 7.99. The zero-order valence-corrected chi connectivity index (χ0v) is 18.6. The smallest absolute Gasteiger partial charge is 0.323 e. The Labute approximate surface area is 195 Å². The van der Waals surface area contributed by atoms with Gasteiger partial charge in [-0.2, -0.15) is 5.10 Å². The van der Waals surface area contributed by atoms with Crippen LogP contribution in [0.2, 0.25) is 5.02 Å². The van der Waals surface area contributed by atoms with Crippen molar-refractivity contribution >= 4 is 40.0 Å². The number of nitrogens with zero attached hydrogens (tertiary/aromatic N) is 4. The number of hydrogen-bond donors (Lipinski definition) is 2. The number of primary amides is 1. The van der Waals surface area contributed by atoms with Crippen LogP contribution in [-0.4, -0.2) is 25.8 Å². The molecule has 0 bridgehead atoms. The van der Waals surface area contributed by atoms with E-state index in [0.29, 0.717) is 16.4 Å². The van der Waals surface area contributed by atoms with Crippen molar-refractivity contribution in [3.05, 3.63) is 84.3 Å². The molecule has 0 aliphatic heterocycles. The van der Waals surface area contributed by atoms with Gasteiger partial charge in [0, 0.05) is 46.7 Å². The number of carbonyl (C=O) groups excluding carboxylic acids is 1. The van der Waals surface area contributed by atoms with Gasteiger partial charge in [0.2, 0.25) is 0 Å². The van der Waals surface area contributed by atoms with Crippen LogP contribution in [0.25, 0.3) is 33.4 Å². The highest BCUT2D eigenvalue weighted by Gasteiger charge is 2.19. The van der Waals surface area contributed by atoms with Crippen LogP contribution in [0, 0.1) is 0 Å². The predicted octanol–water partition coefficient (Wildman–Crippen LogP) is 5.98. The van der Waals surface area contributed by atoms with Crippen LogP contribution in [0.15, 0.2) is 79.3 Å². The number of H-pyrrole nitrogens is 1. The molecule has 0 unspecified atom stereocenters. The molecule has 164 valence electrons. The minimum Gasteiger partial charge on any atom is -0.351 e. The van der Waals surface area contributed by atoms with Gasteiger partial charge in [0.05, 0.1) is 11.4 Å². The van der Waals surface area contributed by atoms with E-state index in [-0.39, 0.29) is 0 Å². The van der Waals surface area contributed by atoms with Gasteiger partial charge >= 0.3 is 6.03 Å². The van der Waals surface area contributed by atoms with Gasteiger partial charge in [-0.1, -0.05) is 29.8 Å². The van der Waals surface area contributed by atoms with E-state index in [1.807, 2.05) is 60.4 Å². The highest BCUT2D eigenvalue weighted by Crippen LogP contribution is 2.37. The van der Waals surface area contributed by atoms with Gasteiger partial charge in [-0.05, 0) is 55.0 Å². The van der Waals surface area contributed by atoms with Crippen molar-refractivity contribution in [3.8, 4) is 22.4 Å². The molecule has 0 saturated carbocycles. The number of nitrogens with two attached hydrogens (primary N) is 1. The van der Waals surface area contributed by atoms with Gasteiger partial charge in [0.1, 0.15) is 11.3 Å². The molecule has 3 N–H and O–H groups in total. The molecular weight excluding hydrogens is 436 g/mol. The number of amides is 2. The van der Waals surface area contributed by atoms with Gasteiger partial charge in [-0.3, -0.25) is 9.58 Å². The van der Waals surface area contributed by atoms with E-state index >= 15 is 0 Å². The van der Waals surface area contributed by atoms with Gasteiger partial charge in [0.25, 0.3) is 0 Å². The number of rotatable bonds is 5. The third-order valence-electron chi connectivity index (χ3n) is 5.50. The predicted molar refractivity (Wildman–Crippen MR) is 132 cm³/mol. The average molecular weight is 457 g/mol. The van der Waals surface area contributed by atoms with Crippen molar-refractivity contribution in [2.75, 3.05) is 4.90 Å². The first kappa shape index (κ1) is 20.8. The van der Waals surface area contributed by atoms with E-state index in [0.717, 1.165) is 40.0 Å². The number of aromatic amines is 1. The van der Waals surface area contributed by atoms with Crippen molar-refractivity contribution < 1.29 is 4.79 Å². The van der Waals surface area contributed by atoms with E-state index in [9.17, 15) is 4.79 Å². The normalized spacial score (nSPS) is 11.1. The van der Waals surface area contributed by atoms with Crippen molar-refractivity contribution in [1.29, 1.82) is 0 Å². The van der Waals surface area contributed by atoms with Crippen LogP contribution in [0.1, 0.15) is 6.92 Å². The fourth-order valence-corrected chi connectivity index (χ4v) is 4.19. The summed E-state index contributed by atoms with van der Waals surface area (Å²) in [4.78, 5) is 21.4. The lowest BCUT2D eigenvalue weighted by Gasteiger charge is -2.21. The Balaban J connectivity index is 1.66. The number of carbonyl (C=O) groups is 1. The Morgan fingerprint density at radius 2 is 1.88 bits per heavy atom. The molecule has 0 spiro atoms. The Kier molecular flexibility index (Phi) is 5.32. The lowest BCUT2D eigenvalue weighted by molar-refractivity contribution is 0.256. The van der Waals surface area contributed by atoms with Gasteiger partial charge < -0.3 is 10.7 Å². The maximum atomic E-state index is 12.4. The Bertz CT molecular complexity index is 1470. The maximum absolute atomic E-state index is 12.4. The molecule has 5 aromatic rings. The van der Waals surface area contributed by atoms with Crippen molar-refractivity contribution in [2.24, 2.45) is 5.73 Å². The molecule has 3 heterocycles. The summed E-state index contributed by atoms with van der Waals surface area (Å²) in [6.07, 6.45) is 5.69. The van der Waals surface area contributed by atoms with Crippen LogP contribution < -0.4 is 10.6 Å². The van der Waals surface area contributed by atoms with E-state index in [1.165, 1.54) is 4.90 Å². The zero-order chi connectivity index (χ0) is 22.9. The SMILES string of the molecule is CCn1cc(-c2ccnc3[nH]ccc23)c(-c2cccc(N(C(N)=O)c3cccc(Cl)c3)c2)n1. The molecule has 0 aliphatic carbocycles. The van der Waals surface area contributed by atoms with E-state index in [4.69, 9.17) is 22.4 Å². The first-order chi connectivity index (χ1) is 16.0. The Morgan fingerprint density at radius 1 is 1.09 bits per heavy atom.